The van der Waals surface area contributed by atoms with Crippen molar-refractivity contribution in [2.24, 2.45) is 5.73 Å². The van der Waals surface area contributed by atoms with Gasteiger partial charge < -0.3 is 10.5 Å². The third-order valence-corrected chi connectivity index (χ3v) is 1.62. The second-order valence-corrected chi connectivity index (χ2v) is 2.62. The molecule has 0 bridgehead atoms. The average Bonchev–Trinajstić information content (AvgIpc) is 1.80. The van der Waals surface area contributed by atoms with Gasteiger partial charge in [-0.25, -0.2) is 0 Å². The van der Waals surface area contributed by atoms with Gasteiger partial charge in [-0.1, -0.05) is 0 Å². The molecule has 0 aromatic heterocycles. The van der Waals surface area contributed by atoms with Crippen LogP contribution in [0.15, 0.2) is 0 Å². The number of ether oxygens (including phenoxy) is 1. The van der Waals surface area contributed by atoms with Gasteiger partial charge in [0.1, 0.15) is 0 Å². The minimum Gasteiger partial charge on any atom is -0.384 e. The summed E-state index contributed by atoms with van der Waals surface area (Å²) in [6.07, 6.45) is 0. The van der Waals surface area contributed by atoms with E-state index in [1.54, 1.807) is 7.11 Å². The van der Waals surface area contributed by atoms with Crippen LogP contribution in [0.4, 0.5) is 0 Å². The highest BCUT2D eigenvalue weighted by molar-refractivity contribution is 7.99. The number of primary amides is 1. The van der Waals surface area contributed by atoms with E-state index in [1.165, 1.54) is 11.8 Å². The molecule has 0 heterocycles. The van der Waals surface area contributed by atoms with Crippen LogP contribution in [0.3, 0.4) is 0 Å². The molecule has 0 saturated carbocycles. The predicted molar refractivity (Wildman–Crippen MR) is 45.6 cm³/mol. The van der Waals surface area contributed by atoms with E-state index in [0.717, 1.165) is 5.75 Å². The number of carbonyl (C=O) groups excluding carboxylic acids is 1. The van der Waals surface area contributed by atoms with Gasteiger partial charge >= 0.3 is 0 Å². The summed E-state index contributed by atoms with van der Waals surface area (Å²) in [5.74, 6) is 0.958. The fourth-order valence-electron chi connectivity index (χ4n) is 0.315. The monoisotopic (exact) mass is 185 g/mol. The van der Waals surface area contributed by atoms with Crippen LogP contribution in [0.1, 0.15) is 0 Å². The summed E-state index contributed by atoms with van der Waals surface area (Å²) in [5, 5.41) is 0. The summed E-state index contributed by atoms with van der Waals surface area (Å²) in [5.41, 5.74) is 4.87. The van der Waals surface area contributed by atoms with Crippen LogP contribution >= 0.6 is 24.2 Å². The molecule has 3 nitrogen and oxygen atoms in total. The molecule has 62 valence electrons. The number of thioether (sulfide) groups is 1. The highest BCUT2D eigenvalue weighted by atomic mass is 35.5. The molecule has 0 fully saturated rings. The molecular weight excluding hydrogens is 174 g/mol. The van der Waals surface area contributed by atoms with Gasteiger partial charge in [0.2, 0.25) is 5.91 Å². The Hall–Kier alpha value is 0.0700. The number of methoxy groups -OCH3 is 1. The quantitative estimate of drug-likeness (QED) is 0.626. The van der Waals surface area contributed by atoms with Crippen LogP contribution in [0.5, 0.6) is 0 Å². The number of amides is 1. The van der Waals surface area contributed by atoms with Crippen LogP contribution in [0.25, 0.3) is 0 Å². The molecule has 0 radical (unpaired) electrons. The van der Waals surface area contributed by atoms with Gasteiger partial charge in [-0.3, -0.25) is 4.79 Å². The van der Waals surface area contributed by atoms with Crippen LogP contribution in [-0.2, 0) is 9.53 Å². The summed E-state index contributed by atoms with van der Waals surface area (Å²) in [6.45, 7) is 0.679. The number of nitrogens with two attached hydrogens (primary N) is 1. The van der Waals surface area contributed by atoms with Crippen LogP contribution in [-0.4, -0.2) is 31.1 Å². The van der Waals surface area contributed by atoms with E-state index in [0.29, 0.717) is 12.4 Å². The Labute approximate surface area is 71.1 Å². The van der Waals surface area contributed by atoms with Gasteiger partial charge in [-0.15, -0.1) is 24.2 Å². The summed E-state index contributed by atoms with van der Waals surface area (Å²) < 4.78 is 4.75. The van der Waals surface area contributed by atoms with Crippen molar-refractivity contribution in [2.45, 2.75) is 0 Å². The number of carbonyl (C=O) groups is 1. The van der Waals surface area contributed by atoms with Crippen LogP contribution in [0, 0.1) is 0 Å². The van der Waals surface area contributed by atoms with Gasteiger partial charge in [0.25, 0.3) is 0 Å². The van der Waals surface area contributed by atoms with Gasteiger partial charge in [0.15, 0.2) is 0 Å². The number of rotatable bonds is 5. The fourth-order valence-corrected chi connectivity index (χ4v) is 0.945. The number of halogens is 1. The summed E-state index contributed by atoms with van der Waals surface area (Å²) in [7, 11) is 1.63. The van der Waals surface area contributed by atoms with Crippen molar-refractivity contribution in [3.63, 3.8) is 0 Å². The van der Waals surface area contributed by atoms with E-state index in [2.05, 4.69) is 0 Å². The smallest absolute Gasteiger partial charge is 0.227 e. The molecule has 0 saturated heterocycles. The molecule has 0 aromatic rings. The Bertz CT molecular complexity index is 91.7. The zero-order valence-corrected chi connectivity index (χ0v) is 7.46. The maximum Gasteiger partial charge on any atom is 0.227 e. The van der Waals surface area contributed by atoms with E-state index < -0.39 is 0 Å². The normalized spacial score (nSPS) is 8.50. The third kappa shape index (κ3) is 10.9. The molecular formula is C5H12ClNO2S. The highest BCUT2D eigenvalue weighted by Crippen LogP contribution is 1.96. The van der Waals surface area contributed by atoms with Crippen molar-refractivity contribution in [3.05, 3.63) is 0 Å². The molecule has 0 aromatic carbocycles. The number of hydrogen-bond donors (Lipinski definition) is 1. The summed E-state index contributed by atoms with van der Waals surface area (Å²) in [4.78, 5) is 10.1. The first-order valence-electron chi connectivity index (χ1n) is 2.62. The zero-order chi connectivity index (χ0) is 7.11. The molecule has 10 heavy (non-hydrogen) atoms. The zero-order valence-electron chi connectivity index (χ0n) is 5.83. The van der Waals surface area contributed by atoms with Crippen molar-refractivity contribution in [3.8, 4) is 0 Å². The Morgan fingerprint density at radius 3 is 2.70 bits per heavy atom. The second kappa shape index (κ2) is 9.07. The summed E-state index contributed by atoms with van der Waals surface area (Å²) >= 11 is 1.49. The van der Waals surface area contributed by atoms with Gasteiger partial charge in [0.05, 0.1) is 12.4 Å². The first-order valence-corrected chi connectivity index (χ1v) is 3.78. The van der Waals surface area contributed by atoms with E-state index in [4.69, 9.17) is 10.5 Å². The van der Waals surface area contributed by atoms with Crippen molar-refractivity contribution in [1.82, 2.24) is 0 Å². The number of hydrogen-bond acceptors (Lipinski definition) is 3. The molecule has 0 aliphatic carbocycles. The lowest BCUT2D eigenvalue weighted by molar-refractivity contribution is -0.115. The molecule has 0 spiro atoms. The lowest BCUT2D eigenvalue weighted by atomic mass is 10.8. The molecule has 0 aliphatic heterocycles. The Morgan fingerprint density at radius 1 is 1.70 bits per heavy atom. The SMILES string of the molecule is COCCSCC(N)=O.Cl. The van der Waals surface area contributed by atoms with Crippen molar-refractivity contribution in [1.29, 1.82) is 0 Å². The molecule has 2 N–H and O–H groups in total. The molecule has 0 atom stereocenters. The van der Waals surface area contributed by atoms with E-state index in [-0.39, 0.29) is 18.3 Å². The standard InChI is InChI=1S/C5H11NO2S.ClH/c1-8-2-3-9-4-5(6)7;/h2-4H2,1H3,(H2,6,7);1H. The van der Waals surface area contributed by atoms with Gasteiger partial charge in [0, 0.05) is 12.9 Å². The average molecular weight is 186 g/mol. The maximum atomic E-state index is 10.1. The van der Waals surface area contributed by atoms with E-state index in [1.807, 2.05) is 0 Å². The van der Waals surface area contributed by atoms with E-state index >= 15 is 0 Å². The van der Waals surface area contributed by atoms with Crippen molar-refractivity contribution >= 4 is 30.1 Å². The first kappa shape index (κ1) is 12.7. The lowest BCUT2D eigenvalue weighted by Crippen LogP contribution is -2.13. The second-order valence-electron chi connectivity index (χ2n) is 1.51. The van der Waals surface area contributed by atoms with Gasteiger partial charge in [-0.2, -0.15) is 0 Å². The summed E-state index contributed by atoms with van der Waals surface area (Å²) in [6, 6.07) is 0. The predicted octanol–water partition coefficient (Wildman–Crippen LogP) is 0.273. The van der Waals surface area contributed by atoms with Crippen molar-refractivity contribution in [2.75, 3.05) is 25.2 Å². The topological polar surface area (TPSA) is 52.3 Å². The van der Waals surface area contributed by atoms with Gasteiger partial charge in [-0.05, 0) is 0 Å². The Kier molecular flexibility index (Phi) is 11.5. The largest absolute Gasteiger partial charge is 0.384 e. The minimum atomic E-state index is -0.267. The molecule has 0 aliphatic rings. The maximum absolute atomic E-state index is 10.1. The Morgan fingerprint density at radius 2 is 2.30 bits per heavy atom. The molecule has 1 amide bonds. The van der Waals surface area contributed by atoms with Crippen LogP contribution < -0.4 is 5.73 Å². The fraction of sp³-hybridized carbons (Fsp3) is 0.800. The first-order chi connectivity index (χ1) is 4.27. The van der Waals surface area contributed by atoms with Crippen molar-refractivity contribution < 1.29 is 9.53 Å². The Balaban J connectivity index is 0. The third-order valence-electron chi connectivity index (χ3n) is 0.676. The molecule has 0 rings (SSSR count). The lowest BCUT2D eigenvalue weighted by Gasteiger charge is -1.95. The van der Waals surface area contributed by atoms with E-state index in [9.17, 15) is 4.79 Å². The van der Waals surface area contributed by atoms with Crippen LogP contribution in [0.2, 0.25) is 0 Å². The minimum absolute atomic E-state index is 0. The molecule has 0 unspecified atom stereocenters. The highest BCUT2D eigenvalue weighted by Gasteiger charge is 1.92. The molecule has 5 heteroatoms.